The van der Waals surface area contributed by atoms with Gasteiger partial charge in [0, 0.05) is 12.2 Å². The van der Waals surface area contributed by atoms with E-state index in [-0.39, 0.29) is 18.3 Å². The van der Waals surface area contributed by atoms with E-state index in [1.807, 2.05) is 0 Å². The maximum atomic E-state index is 11.8. The molecule has 1 heterocycles. The van der Waals surface area contributed by atoms with Gasteiger partial charge in [-0.1, -0.05) is 26.2 Å². The van der Waals surface area contributed by atoms with E-state index in [1.54, 1.807) is 18.3 Å². The number of amides is 1. The Morgan fingerprint density at radius 3 is 2.90 bits per heavy atom. The molecule has 0 aromatic carbocycles. The highest BCUT2D eigenvalue weighted by Crippen LogP contribution is 2.30. The average molecular weight is 312 g/mol. The summed E-state index contributed by atoms with van der Waals surface area (Å²) in [7, 11) is 0. The van der Waals surface area contributed by atoms with Crippen LogP contribution >= 0.6 is 12.4 Å². The Labute approximate surface area is 133 Å². The second-order valence-electron chi connectivity index (χ2n) is 6.04. The fourth-order valence-corrected chi connectivity index (χ4v) is 3.01. The zero-order valence-electron chi connectivity index (χ0n) is 12.7. The number of halogens is 1. The molecule has 0 saturated heterocycles. The lowest BCUT2D eigenvalue weighted by Gasteiger charge is -2.26. The van der Waals surface area contributed by atoms with Gasteiger partial charge in [0.25, 0.3) is 0 Å². The molecule has 2 atom stereocenters. The summed E-state index contributed by atoms with van der Waals surface area (Å²) in [5.74, 6) is 1.68. The lowest BCUT2D eigenvalue weighted by molar-refractivity contribution is -0.120. The van der Waals surface area contributed by atoms with E-state index >= 15 is 0 Å². The maximum Gasteiger partial charge on any atom is 0.226 e. The summed E-state index contributed by atoms with van der Waals surface area (Å²) < 4.78 is 0. The van der Waals surface area contributed by atoms with Gasteiger partial charge in [0.2, 0.25) is 5.91 Å². The standard InChI is InChI=1S/C16H25N3O.ClH/c1-12-3-2-4-13(9-12)7-8-18-16(20)10-15-6-5-14(17)11-19-15;/h5-6,11-13H,2-4,7-10,17H2,1H3,(H,18,20);1H. The van der Waals surface area contributed by atoms with Gasteiger partial charge in [0.05, 0.1) is 18.3 Å². The summed E-state index contributed by atoms with van der Waals surface area (Å²) in [6, 6.07) is 3.58. The largest absolute Gasteiger partial charge is 0.397 e. The van der Waals surface area contributed by atoms with Crippen molar-refractivity contribution in [3.8, 4) is 0 Å². The van der Waals surface area contributed by atoms with Crippen LogP contribution in [0.1, 0.15) is 44.7 Å². The van der Waals surface area contributed by atoms with Crippen LogP contribution < -0.4 is 11.1 Å². The van der Waals surface area contributed by atoms with E-state index in [9.17, 15) is 4.79 Å². The monoisotopic (exact) mass is 311 g/mol. The molecule has 3 N–H and O–H groups in total. The van der Waals surface area contributed by atoms with Gasteiger partial charge in [-0.3, -0.25) is 9.78 Å². The molecule has 2 rings (SSSR count). The van der Waals surface area contributed by atoms with Crippen molar-refractivity contribution in [2.24, 2.45) is 11.8 Å². The predicted octanol–water partition coefficient (Wildman–Crippen LogP) is 2.96. The van der Waals surface area contributed by atoms with Crippen molar-refractivity contribution >= 4 is 24.0 Å². The Kier molecular flexibility index (Phi) is 7.51. The molecule has 0 bridgehead atoms. The molecule has 1 aliphatic carbocycles. The van der Waals surface area contributed by atoms with E-state index in [1.165, 1.54) is 25.7 Å². The van der Waals surface area contributed by atoms with Gasteiger partial charge >= 0.3 is 0 Å². The Morgan fingerprint density at radius 2 is 2.24 bits per heavy atom. The van der Waals surface area contributed by atoms with Crippen molar-refractivity contribution < 1.29 is 4.79 Å². The van der Waals surface area contributed by atoms with Gasteiger partial charge in [0.15, 0.2) is 0 Å². The van der Waals surface area contributed by atoms with E-state index in [4.69, 9.17) is 5.73 Å². The lowest BCUT2D eigenvalue weighted by Crippen LogP contribution is -2.28. The fraction of sp³-hybridized carbons (Fsp3) is 0.625. The second kappa shape index (κ2) is 8.88. The van der Waals surface area contributed by atoms with Gasteiger partial charge in [0.1, 0.15) is 0 Å². The molecule has 0 spiro atoms. The van der Waals surface area contributed by atoms with Gasteiger partial charge < -0.3 is 11.1 Å². The average Bonchev–Trinajstić information content (AvgIpc) is 2.41. The molecule has 1 amide bonds. The minimum absolute atomic E-state index is 0. The summed E-state index contributed by atoms with van der Waals surface area (Å²) >= 11 is 0. The van der Waals surface area contributed by atoms with Crippen LogP contribution in [-0.4, -0.2) is 17.4 Å². The number of carbonyl (C=O) groups excluding carboxylic acids is 1. The van der Waals surface area contributed by atoms with E-state index in [0.29, 0.717) is 12.1 Å². The zero-order valence-corrected chi connectivity index (χ0v) is 13.5. The maximum absolute atomic E-state index is 11.8. The summed E-state index contributed by atoms with van der Waals surface area (Å²) in [5.41, 5.74) is 6.96. The SMILES string of the molecule is CC1CCCC(CCNC(=O)Cc2ccc(N)cn2)C1.Cl. The first kappa shape index (κ1) is 17.8. The van der Waals surface area contributed by atoms with Crippen LogP contribution in [-0.2, 0) is 11.2 Å². The third-order valence-electron chi connectivity index (χ3n) is 4.11. The quantitative estimate of drug-likeness (QED) is 0.878. The highest BCUT2D eigenvalue weighted by molar-refractivity contribution is 5.85. The van der Waals surface area contributed by atoms with E-state index < -0.39 is 0 Å². The minimum Gasteiger partial charge on any atom is -0.397 e. The number of aromatic nitrogens is 1. The smallest absolute Gasteiger partial charge is 0.226 e. The summed E-state index contributed by atoms with van der Waals surface area (Å²) in [6.45, 7) is 3.11. The summed E-state index contributed by atoms with van der Waals surface area (Å²) in [4.78, 5) is 16.0. The number of nitrogens with zero attached hydrogens (tertiary/aromatic N) is 1. The molecule has 0 aliphatic heterocycles. The van der Waals surface area contributed by atoms with Crippen LogP contribution in [0.25, 0.3) is 0 Å². The van der Waals surface area contributed by atoms with Gasteiger partial charge in [-0.25, -0.2) is 0 Å². The Bertz CT molecular complexity index is 436. The van der Waals surface area contributed by atoms with Crippen LogP contribution in [0.2, 0.25) is 0 Å². The zero-order chi connectivity index (χ0) is 14.4. The first-order chi connectivity index (χ1) is 9.63. The number of hydrogen-bond acceptors (Lipinski definition) is 3. The number of rotatable bonds is 5. The van der Waals surface area contributed by atoms with Crippen LogP contribution in [0.15, 0.2) is 18.3 Å². The number of nitrogens with two attached hydrogens (primary N) is 1. The van der Waals surface area contributed by atoms with Crippen LogP contribution in [0.3, 0.4) is 0 Å². The molecule has 1 fully saturated rings. The summed E-state index contributed by atoms with van der Waals surface area (Å²) in [6.07, 6.45) is 8.37. The molecule has 1 aromatic heterocycles. The normalized spacial score (nSPS) is 21.4. The third-order valence-corrected chi connectivity index (χ3v) is 4.11. The Hall–Kier alpha value is -1.29. The van der Waals surface area contributed by atoms with E-state index in [0.717, 1.165) is 30.5 Å². The van der Waals surface area contributed by atoms with Crippen LogP contribution in [0.4, 0.5) is 5.69 Å². The summed E-state index contributed by atoms with van der Waals surface area (Å²) in [5, 5.41) is 3.00. The van der Waals surface area contributed by atoms with Gasteiger partial charge in [-0.05, 0) is 36.8 Å². The van der Waals surface area contributed by atoms with Gasteiger partial charge in [-0.2, -0.15) is 0 Å². The molecule has 21 heavy (non-hydrogen) atoms. The number of anilines is 1. The van der Waals surface area contributed by atoms with Crippen molar-refractivity contribution in [3.63, 3.8) is 0 Å². The topological polar surface area (TPSA) is 68.0 Å². The molecular weight excluding hydrogens is 286 g/mol. The fourth-order valence-electron chi connectivity index (χ4n) is 3.01. The van der Waals surface area contributed by atoms with Crippen molar-refractivity contribution in [2.75, 3.05) is 12.3 Å². The molecule has 1 saturated carbocycles. The molecule has 0 radical (unpaired) electrons. The highest BCUT2D eigenvalue weighted by atomic mass is 35.5. The van der Waals surface area contributed by atoms with Gasteiger partial charge in [-0.15, -0.1) is 12.4 Å². The predicted molar refractivity (Wildman–Crippen MR) is 88.4 cm³/mol. The minimum atomic E-state index is 0. The molecule has 4 nitrogen and oxygen atoms in total. The van der Waals surface area contributed by atoms with Crippen molar-refractivity contribution in [3.05, 3.63) is 24.0 Å². The molecular formula is C16H26ClN3O. The van der Waals surface area contributed by atoms with Crippen LogP contribution in [0, 0.1) is 11.8 Å². The molecule has 2 unspecified atom stereocenters. The van der Waals surface area contributed by atoms with Crippen molar-refractivity contribution in [2.45, 2.75) is 45.4 Å². The second-order valence-corrected chi connectivity index (χ2v) is 6.04. The highest BCUT2D eigenvalue weighted by Gasteiger charge is 2.18. The number of carbonyl (C=O) groups is 1. The molecule has 1 aromatic rings. The van der Waals surface area contributed by atoms with Crippen molar-refractivity contribution in [1.82, 2.24) is 10.3 Å². The van der Waals surface area contributed by atoms with Crippen molar-refractivity contribution in [1.29, 1.82) is 0 Å². The molecule has 1 aliphatic rings. The third kappa shape index (κ3) is 6.34. The Balaban J connectivity index is 0.00000220. The van der Waals surface area contributed by atoms with Crippen LogP contribution in [0.5, 0.6) is 0 Å². The number of nitrogens with one attached hydrogen (secondary N) is 1. The first-order valence-corrected chi connectivity index (χ1v) is 7.60. The number of nitrogen functional groups attached to an aromatic ring is 1. The number of pyridine rings is 1. The first-order valence-electron chi connectivity index (χ1n) is 7.60. The molecule has 118 valence electrons. The number of hydrogen-bond donors (Lipinski definition) is 2. The molecule has 5 heteroatoms. The lowest BCUT2D eigenvalue weighted by atomic mass is 9.81. The Morgan fingerprint density at radius 1 is 1.43 bits per heavy atom. The van der Waals surface area contributed by atoms with E-state index in [2.05, 4.69) is 17.2 Å².